The lowest BCUT2D eigenvalue weighted by Gasteiger charge is -2.09. The number of fused-ring (bicyclic) bond motifs is 1. The molecular weight excluding hydrogens is 435 g/mol. The van der Waals surface area contributed by atoms with Crippen LogP contribution >= 0.6 is 23.2 Å². The van der Waals surface area contributed by atoms with Crippen LogP contribution in [0.15, 0.2) is 66.9 Å². The number of rotatable bonds is 5. The highest BCUT2D eigenvalue weighted by Gasteiger charge is 2.10. The maximum absolute atomic E-state index is 12.2. The molecule has 0 radical (unpaired) electrons. The molecule has 0 saturated heterocycles. The van der Waals surface area contributed by atoms with E-state index in [9.17, 15) is 9.90 Å². The van der Waals surface area contributed by atoms with E-state index in [2.05, 4.69) is 20.6 Å². The maximum atomic E-state index is 12.2. The van der Waals surface area contributed by atoms with Crippen LogP contribution in [0.3, 0.4) is 0 Å². The van der Waals surface area contributed by atoms with Crippen LogP contribution in [0.5, 0.6) is 5.75 Å². The Hall–Kier alpha value is -3.35. The van der Waals surface area contributed by atoms with Crippen LogP contribution in [0.25, 0.3) is 22.2 Å². The zero-order valence-corrected chi connectivity index (χ0v) is 17.8. The van der Waals surface area contributed by atoms with Crippen molar-refractivity contribution in [2.24, 2.45) is 0 Å². The van der Waals surface area contributed by atoms with Gasteiger partial charge in [-0.2, -0.15) is 0 Å². The summed E-state index contributed by atoms with van der Waals surface area (Å²) in [6.07, 6.45) is 2.24. The van der Waals surface area contributed by atoms with Crippen LogP contribution in [-0.4, -0.2) is 27.7 Å². The summed E-state index contributed by atoms with van der Waals surface area (Å²) in [4.78, 5) is 21.0. The van der Waals surface area contributed by atoms with Crippen LogP contribution in [-0.2, 0) is 6.42 Å². The molecular formula is C23H18Cl2N4O2. The molecule has 156 valence electrons. The van der Waals surface area contributed by atoms with E-state index in [0.29, 0.717) is 23.4 Å². The van der Waals surface area contributed by atoms with Gasteiger partial charge >= 0.3 is 6.03 Å². The molecule has 1 heterocycles. The minimum Gasteiger partial charge on any atom is -0.505 e. The number of carbonyl (C=O) groups excluding carboxylic acids is 1. The molecule has 4 aromatic rings. The summed E-state index contributed by atoms with van der Waals surface area (Å²) in [5.41, 5.74) is 3.95. The molecule has 0 saturated carbocycles. The fourth-order valence-electron chi connectivity index (χ4n) is 3.11. The van der Waals surface area contributed by atoms with Crippen molar-refractivity contribution in [3.63, 3.8) is 0 Å². The Morgan fingerprint density at radius 3 is 2.42 bits per heavy atom. The average molecular weight is 453 g/mol. The number of halogens is 2. The lowest BCUT2D eigenvalue weighted by Crippen LogP contribution is -2.30. The molecule has 0 spiro atoms. The van der Waals surface area contributed by atoms with Crippen molar-refractivity contribution in [1.82, 2.24) is 15.3 Å². The first-order valence-electron chi connectivity index (χ1n) is 9.53. The van der Waals surface area contributed by atoms with Gasteiger partial charge in [0, 0.05) is 6.54 Å². The monoisotopic (exact) mass is 452 g/mol. The zero-order chi connectivity index (χ0) is 21.8. The van der Waals surface area contributed by atoms with Gasteiger partial charge in [0.15, 0.2) is 11.6 Å². The van der Waals surface area contributed by atoms with Crippen LogP contribution in [0, 0.1) is 0 Å². The second-order valence-electron chi connectivity index (χ2n) is 6.86. The summed E-state index contributed by atoms with van der Waals surface area (Å²) in [6.45, 7) is 0.503. The third-order valence-corrected chi connectivity index (χ3v) is 5.25. The number of phenolic OH excluding ortho intramolecular Hbond substituents is 1. The Morgan fingerprint density at radius 1 is 0.935 bits per heavy atom. The Balaban J connectivity index is 1.47. The predicted molar refractivity (Wildman–Crippen MR) is 124 cm³/mol. The highest BCUT2D eigenvalue weighted by atomic mass is 35.5. The van der Waals surface area contributed by atoms with Gasteiger partial charge in [-0.1, -0.05) is 59.6 Å². The molecule has 0 aliphatic rings. The summed E-state index contributed by atoms with van der Waals surface area (Å²) in [7, 11) is 0. The molecule has 31 heavy (non-hydrogen) atoms. The fourth-order valence-corrected chi connectivity index (χ4v) is 3.60. The van der Waals surface area contributed by atoms with Gasteiger partial charge in [-0.15, -0.1) is 0 Å². The summed E-state index contributed by atoms with van der Waals surface area (Å²) < 4.78 is 0. The Bertz CT molecular complexity index is 1230. The Kier molecular flexibility index (Phi) is 6.21. The summed E-state index contributed by atoms with van der Waals surface area (Å²) in [5, 5.41) is 15.6. The summed E-state index contributed by atoms with van der Waals surface area (Å²) in [5.74, 6) is 0.182. The number of benzene rings is 3. The molecule has 0 fully saturated rings. The first-order valence-corrected chi connectivity index (χ1v) is 10.3. The van der Waals surface area contributed by atoms with Crippen molar-refractivity contribution in [2.75, 3.05) is 11.9 Å². The predicted octanol–water partition coefficient (Wildman–Crippen LogP) is 5.67. The number of hydrogen-bond acceptors (Lipinski definition) is 4. The zero-order valence-electron chi connectivity index (χ0n) is 16.3. The molecule has 8 heteroatoms. The number of hydrogen-bond donors (Lipinski definition) is 3. The fraction of sp³-hybridized carbons (Fsp3) is 0.0870. The molecule has 0 aliphatic heterocycles. The van der Waals surface area contributed by atoms with Gasteiger partial charge in [0.25, 0.3) is 0 Å². The third kappa shape index (κ3) is 5.05. The van der Waals surface area contributed by atoms with Gasteiger partial charge < -0.3 is 10.4 Å². The number of nitrogens with one attached hydrogen (secondary N) is 2. The third-order valence-electron chi connectivity index (χ3n) is 4.68. The minimum atomic E-state index is -0.349. The highest BCUT2D eigenvalue weighted by Crippen LogP contribution is 2.36. The van der Waals surface area contributed by atoms with Crippen molar-refractivity contribution in [1.29, 1.82) is 0 Å². The standard InChI is InChI=1S/C23H18Cl2N4O2/c24-17-10-16(11-18(25)22(17)30)15-6-7-19-20(12-15)28-21(13-27-19)29-23(31)26-9-8-14-4-2-1-3-5-14/h1-7,10-13,30H,8-9H2,(H2,26,28,29,31). The molecule has 3 aromatic carbocycles. The SMILES string of the molecule is O=C(NCCc1ccccc1)Nc1cnc2ccc(-c3cc(Cl)c(O)c(Cl)c3)cc2n1. The molecule has 6 nitrogen and oxygen atoms in total. The smallest absolute Gasteiger partial charge is 0.320 e. The number of amides is 2. The van der Waals surface area contributed by atoms with Crippen LogP contribution < -0.4 is 10.6 Å². The second-order valence-corrected chi connectivity index (χ2v) is 7.68. The van der Waals surface area contributed by atoms with Gasteiger partial charge in [-0.25, -0.2) is 9.78 Å². The van der Waals surface area contributed by atoms with Gasteiger partial charge in [-0.05, 0) is 47.4 Å². The second kappa shape index (κ2) is 9.20. The number of nitrogens with zero attached hydrogens (tertiary/aromatic N) is 2. The number of aromatic hydroxyl groups is 1. The molecule has 1 aromatic heterocycles. The summed E-state index contributed by atoms with van der Waals surface area (Å²) in [6, 6.07) is 18.3. The van der Waals surface area contributed by atoms with Crippen molar-refractivity contribution < 1.29 is 9.90 Å². The lowest BCUT2D eigenvalue weighted by molar-refractivity contribution is 0.252. The van der Waals surface area contributed by atoms with Crippen molar-refractivity contribution >= 4 is 46.1 Å². The van der Waals surface area contributed by atoms with E-state index in [1.54, 1.807) is 12.1 Å². The maximum Gasteiger partial charge on any atom is 0.320 e. The van der Waals surface area contributed by atoms with Crippen LogP contribution in [0.2, 0.25) is 10.0 Å². The molecule has 3 N–H and O–H groups in total. The summed E-state index contributed by atoms with van der Waals surface area (Å²) >= 11 is 12.1. The number of carbonyl (C=O) groups is 1. The topological polar surface area (TPSA) is 87.1 Å². The van der Waals surface area contributed by atoms with Gasteiger partial charge in [0.05, 0.1) is 27.3 Å². The molecule has 0 bridgehead atoms. The van der Waals surface area contributed by atoms with Gasteiger partial charge in [-0.3, -0.25) is 10.3 Å². The Labute approximate surface area is 188 Å². The quantitative estimate of drug-likeness (QED) is 0.363. The van der Waals surface area contributed by atoms with E-state index in [0.717, 1.165) is 23.1 Å². The molecule has 0 atom stereocenters. The molecule has 0 unspecified atom stereocenters. The average Bonchev–Trinajstić information content (AvgIpc) is 2.77. The first kappa shape index (κ1) is 20.9. The molecule has 4 rings (SSSR count). The van der Waals surface area contributed by atoms with Gasteiger partial charge in [0.1, 0.15) is 0 Å². The Morgan fingerprint density at radius 2 is 1.68 bits per heavy atom. The molecule has 0 aliphatic carbocycles. The number of anilines is 1. The van der Waals surface area contributed by atoms with Crippen molar-refractivity contribution in [3.8, 4) is 16.9 Å². The van der Waals surface area contributed by atoms with E-state index in [1.807, 2.05) is 48.5 Å². The minimum absolute atomic E-state index is 0.155. The first-order chi connectivity index (χ1) is 15.0. The highest BCUT2D eigenvalue weighted by molar-refractivity contribution is 6.37. The lowest BCUT2D eigenvalue weighted by atomic mass is 10.0. The normalized spacial score (nSPS) is 10.8. The van der Waals surface area contributed by atoms with Crippen molar-refractivity contribution in [3.05, 3.63) is 82.5 Å². The largest absolute Gasteiger partial charge is 0.505 e. The molecule has 2 amide bonds. The van der Waals surface area contributed by atoms with E-state index in [-0.39, 0.29) is 21.8 Å². The van der Waals surface area contributed by atoms with E-state index in [1.165, 1.54) is 6.20 Å². The van der Waals surface area contributed by atoms with E-state index < -0.39 is 0 Å². The number of aromatic nitrogens is 2. The van der Waals surface area contributed by atoms with Crippen molar-refractivity contribution in [2.45, 2.75) is 6.42 Å². The van der Waals surface area contributed by atoms with E-state index >= 15 is 0 Å². The van der Waals surface area contributed by atoms with E-state index in [4.69, 9.17) is 23.2 Å². The van der Waals surface area contributed by atoms with Crippen LogP contribution in [0.4, 0.5) is 10.6 Å². The van der Waals surface area contributed by atoms with Gasteiger partial charge in [0.2, 0.25) is 0 Å². The van der Waals surface area contributed by atoms with Crippen LogP contribution in [0.1, 0.15) is 5.56 Å². The number of phenols is 1. The number of urea groups is 1.